The molecule has 2 rings (SSSR count). The molecule has 2 N–H and O–H groups in total. The molecule has 0 aliphatic heterocycles. The number of likely N-dealkylation sites (N-methyl/N-ethyl adjacent to an activating group) is 1. The number of amides is 1. The molecular weight excluding hydrogens is 292 g/mol. The predicted octanol–water partition coefficient (Wildman–Crippen LogP) is 2.19. The number of carbonyl (C=O) groups is 1. The van der Waals surface area contributed by atoms with Gasteiger partial charge in [0.2, 0.25) is 0 Å². The van der Waals surface area contributed by atoms with Crippen molar-refractivity contribution in [1.82, 2.24) is 9.88 Å². The quantitative estimate of drug-likeness (QED) is 0.888. The Balaban J connectivity index is 2.21. The molecule has 1 aromatic carbocycles. The van der Waals surface area contributed by atoms with Gasteiger partial charge in [0, 0.05) is 12.7 Å². The van der Waals surface area contributed by atoms with Gasteiger partial charge in [-0.15, -0.1) is 0 Å². The minimum absolute atomic E-state index is 0.130. The summed E-state index contributed by atoms with van der Waals surface area (Å²) in [6.07, 6.45) is 0.730. The summed E-state index contributed by atoms with van der Waals surface area (Å²) < 4.78 is 0. The highest BCUT2D eigenvalue weighted by Crippen LogP contribution is 2.16. The van der Waals surface area contributed by atoms with Crippen LogP contribution in [0, 0.1) is 13.8 Å². The SMILES string of the molecule is CCN(CC(O)c1ccc(C)cc1)C(=O)c1c(C)cc[nH]c1=O. The lowest BCUT2D eigenvalue weighted by molar-refractivity contribution is 0.0632. The number of aromatic nitrogens is 1. The van der Waals surface area contributed by atoms with Crippen LogP contribution in [0.4, 0.5) is 0 Å². The van der Waals surface area contributed by atoms with E-state index < -0.39 is 11.7 Å². The lowest BCUT2D eigenvalue weighted by Gasteiger charge is -2.24. The van der Waals surface area contributed by atoms with E-state index in [1.165, 1.54) is 11.1 Å². The summed E-state index contributed by atoms with van der Waals surface area (Å²) in [6, 6.07) is 9.22. The van der Waals surface area contributed by atoms with Crippen molar-refractivity contribution in [1.29, 1.82) is 0 Å². The molecule has 23 heavy (non-hydrogen) atoms. The molecule has 1 unspecified atom stereocenters. The first kappa shape index (κ1) is 17.0. The van der Waals surface area contributed by atoms with Crippen LogP contribution in [0.3, 0.4) is 0 Å². The van der Waals surface area contributed by atoms with Crippen LogP contribution in [0.25, 0.3) is 0 Å². The highest BCUT2D eigenvalue weighted by atomic mass is 16.3. The third-order valence-corrected chi connectivity index (χ3v) is 3.91. The molecule has 122 valence electrons. The van der Waals surface area contributed by atoms with Gasteiger partial charge in [-0.2, -0.15) is 0 Å². The molecule has 1 atom stereocenters. The average molecular weight is 314 g/mol. The molecule has 0 aliphatic carbocycles. The van der Waals surface area contributed by atoms with Crippen molar-refractivity contribution >= 4 is 5.91 Å². The molecule has 0 bridgehead atoms. The number of carbonyl (C=O) groups excluding carboxylic acids is 1. The fraction of sp³-hybridized carbons (Fsp3) is 0.333. The highest BCUT2D eigenvalue weighted by Gasteiger charge is 2.22. The third kappa shape index (κ3) is 3.87. The molecule has 0 saturated carbocycles. The van der Waals surface area contributed by atoms with E-state index in [1.54, 1.807) is 13.0 Å². The van der Waals surface area contributed by atoms with Gasteiger partial charge in [0.25, 0.3) is 11.5 Å². The normalized spacial score (nSPS) is 12.0. The van der Waals surface area contributed by atoms with Crippen molar-refractivity contribution < 1.29 is 9.90 Å². The summed E-state index contributed by atoms with van der Waals surface area (Å²) >= 11 is 0. The number of hydrogen-bond donors (Lipinski definition) is 2. The lowest BCUT2D eigenvalue weighted by Crippen LogP contribution is -2.38. The van der Waals surface area contributed by atoms with E-state index in [0.29, 0.717) is 12.1 Å². The summed E-state index contributed by atoms with van der Waals surface area (Å²) in [4.78, 5) is 28.6. The number of pyridine rings is 1. The molecule has 0 saturated heterocycles. The number of aromatic amines is 1. The molecule has 0 radical (unpaired) electrons. The summed E-state index contributed by atoms with van der Waals surface area (Å²) in [5.74, 6) is -0.363. The number of hydrogen-bond acceptors (Lipinski definition) is 3. The highest BCUT2D eigenvalue weighted by molar-refractivity contribution is 5.95. The van der Waals surface area contributed by atoms with Crippen LogP contribution in [-0.4, -0.2) is 34.0 Å². The molecule has 2 aromatic rings. The Hall–Kier alpha value is -2.40. The maximum atomic E-state index is 12.6. The van der Waals surface area contributed by atoms with Crippen LogP contribution in [0.2, 0.25) is 0 Å². The van der Waals surface area contributed by atoms with Gasteiger partial charge in [0.05, 0.1) is 12.6 Å². The lowest BCUT2D eigenvalue weighted by atomic mass is 10.1. The van der Waals surface area contributed by atoms with Crippen LogP contribution in [0.15, 0.2) is 41.3 Å². The maximum Gasteiger partial charge on any atom is 0.261 e. The zero-order chi connectivity index (χ0) is 17.0. The molecular formula is C18H22N2O3. The Kier molecular flexibility index (Phi) is 5.34. The number of aliphatic hydroxyl groups is 1. The number of nitrogens with zero attached hydrogens (tertiary/aromatic N) is 1. The van der Waals surface area contributed by atoms with E-state index in [2.05, 4.69) is 4.98 Å². The van der Waals surface area contributed by atoms with Crippen LogP contribution in [-0.2, 0) is 0 Å². The van der Waals surface area contributed by atoms with Crippen LogP contribution in [0.5, 0.6) is 0 Å². The summed E-state index contributed by atoms with van der Waals surface area (Å²) in [7, 11) is 0. The van der Waals surface area contributed by atoms with Gasteiger partial charge in [-0.25, -0.2) is 0 Å². The number of benzene rings is 1. The minimum Gasteiger partial charge on any atom is -0.387 e. The summed E-state index contributed by atoms with van der Waals surface area (Å²) in [5, 5.41) is 10.4. The van der Waals surface area contributed by atoms with Gasteiger partial charge in [-0.1, -0.05) is 29.8 Å². The largest absolute Gasteiger partial charge is 0.387 e. The second-order valence-electron chi connectivity index (χ2n) is 5.64. The van der Waals surface area contributed by atoms with E-state index in [-0.39, 0.29) is 18.0 Å². The van der Waals surface area contributed by atoms with Crippen molar-refractivity contribution in [2.24, 2.45) is 0 Å². The van der Waals surface area contributed by atoms with Crippen molar-refractivity contribution in [2.75, 3.05) is 13.1 Å². The van der Waals surface area contributed by atoms with Crippen molar-refractivity contribution in [3.63, 3.8) is 0 Å². The molecule has 5 heteroatoms. The first-order valence-corrected chi connectivity index (χ1v) is 7.66. The van der Waals surface area contributed by atoms with Gasteiger partial charge in [-0.3, -0.25) is 9.59 Å². The second-order valence-corrected chi connectivity index (χ2v) is 5.64. The van der Waals surface area contributed by atoms with Crippen LogP contribution in [0.1, 0.15) is 40.1 Å². The smallest absolute Gasteiger partial charge is 0.261 e. The Morgan fingerprint density at radius 2 is 1.87 bits per heavy atom. The van der Waals surface area contributed by atoms with Crippen LogP contribution >= 0.6 is 0 Å². The van der Waals surface area contributed by atoms with E-state index in [0.717, 1.165) is 11.1 Å². The first-order chi connectivity index (χ1) is 10.9. The second kappa shape index (κ2) is 7.24. The molecule has 0 aliphatic rings. The topological polar surface area (TPSA) is 73.4 Å². The Morgan fingerprint density at radius 1 is 1.22 bits per heavy atom. The fourth-order valence-corrected chi connectivity index (χ4v) is 2.46. The number of aryl methyl sites for hydroxylation is 2. The number of aliphatic hydroxyl groups excluding tert-OH is 1. The van der Waals surface area contributed by atoms with Gasteiger partial charge in [-0.05, 0) is 38.0 Å². The molecule has 0 spiro atoms. The molecule has 5 nitrogen and oxygen atoms in total. The summed E-state index contributed by atoms with van der Waals surface area (Å²) in [5.41, 5.74) is 2.21. The number of H-pyrrole nitrogens is 1. The standard InChI is InChI=1S/C18H22N2O3/c1-4-20(11-15(21)14-7-5-12(2)6-8-14)18(23)16-13(3)9-10-19-17(16)22/h5-10,15,21H,4,11H2,1-3H3,(H,19,22). The van der Waals surface area contributed by atoms with Gasteiger partial charge < -0.3 is 15.0 Å². The van der Waals surface area contributed by atoms with Crippen molar-refractivity contribution in [3.8, 4) is 0 Å². The predicted molar refractivity (Wildman–Crippen MR) is 89.5 cm³/mol. The van der Waals surface area contributed by atoms with Crippen molar-refractivity contribution in [3.05, 3.63) is 69.1 Å². The van der Waals surface area contributed by atoms with E-state index in [4.69, 9.17) is 0 Å². The molecule has 0 fully saturated rings. The first-order valence-electron chi connectivity index (χ1n) is 7.66. The zero-order valence-electron chi connectivity index (χ0n) is 13.7. The van der Waals surface area contributed by atoms with E-state index in [1.807, 2.05) is 38.1 Å². The number of rotatable bonds is 5. The van der Waals surface area contributed by atoms with Gasteiger partial charge in [0.1, 0.15) is 5.56 Å². The van der Waals surface area contributed by atoms with Gasteiger partial charge >= 0.3 is 0 Å². The van der Waals surface area contributed by atoms with Crippen molar-refractivity contribution in [2.45, 2.75) is 26.9 Å². The monoisotopic (exact) mass is 314 g/mol. The van der Waals surface area contributed by atoms with E-state index >= 15 is 0 Å². The van der Waals surface area contributed by atoms with Crippen LogP contribution < -0.4 is 5.56 Å². The average Bonchev–Trinajstić information content (AvgIpc) is 2.52. The molecule has 1 heterocycles. The Labute approximate surface area is 135 Å². The minimum atomic E-state index is -0.789. The third-order valence-electron chi connectivity index (χ3n) is 3.91. The Morgan fingerprint density at radius 3 is 2.43 bits per heavy atom. The number of nitrogens with one attached hydrogen (secondary N) is 1. The maximum absolute atomic E-state index is 12.6. The summed E-state index contributed by atoms with van der Waals surface area (Å²) in [6.45, 7) is 6.09. The van der Waals surface area contributed by atoms with Gasteiger partial charge in [0.15, 0.2) is 0 Å². The molecule has 1 aromatic heterocycles. The Bertz CT molecular complexity index is 735. The zero-order valence-corrected chi connectivity index (χ0v) is 13.7. The fourth-order valence-electron chi connectivity index (χ4n) is 2.46. The molecule has 1 amide bonds. The van der Waals surface area contributed by atoms with E-state index in [9.17, 15) is 14.7 Å².